The summed E-state index contributed by atoms with van der Waals surface area (Å²) < 4.78 is 5.01. The Kier molecular flexibility index (Phi) is 6.04. The van der Waals surface area contributed by atoms with Crippen LogP contribution in [0.4, 0.5) is 0 Å². The van der Waals surface area contributed by atoms with Crippen LogP contribution < -0.4 is 0 Å². The van der Waals surface area contributed by atoms with Crippen LogP contribution in [0.15, 0.2) is 30.3 Å². The van der Waals surface area contributed by atoms with Gasteiger partial charge >= 0.3 is 0 Å². The minimum atomic E-state index is -0.750. The van der Waals surface area contributed by atoms with Gasteiger partial charge in [-0.3, -0.25) is 4.79 Å². The number of benzene rings is 1. The van der Waals surface area contributed by atoms with Gasteiger partial charge in [0.15, 0.2) is 0 Å². The number of carbonyl (C=O) groups excluding carboxylic acids is 1. The summed E-state index contributed by atoms with van der Waals surface area (Å²) in [6, 6.07) is 11.3. The molecule has 0 N–H and O–H groups in total. The van der Waals surface area contributed by atoms with Gasteiger partial charge in [-0.05, 0) is 19.4 Å². The predicted octanol–water partition coefficient (Wildman–Crippen LogP) is 2.18. The Morgan fingerprint density at radius 3 is 2.47 bits per heavy atom. The van der Waals surface area contributed by atoms with Crippen molar-refractivity contribution in [3.05, 3.63) is 35.9 Å². The first-order chi connectivity index (χ1) is 9.11. The van der Waals surface area contributed by atoms with E-state index in [-0.39, 0.29) is 11.9 Å². The van der Waals surface area contributed by atoms with E-state index in [1.165, 1.54) is 0 Å². The molecular formula is C15H20N2O2. The number of hydrogen-bond acceptors (Lipinski definition) is 3. The smallest absolute Gasteiger partial charge is 0.244 e. The van der Waals surface area contributed by atoms with Crippen LogP contribution in [-0.2, 0) is 9.53 Å². The Morgan fingerprint density at radius 1 is 1.37 bits per heavy atom. The van der Waals surface area contributed by atoms with Gasteiger partial charge < -0.3 is 9.64 Å². The van der Waals surface area contributed by atoms with Crippen LogP contribution in [0, 0.1) is 11.3 Å². The lowest BCUT2D eigenvalue weighted by Crippen LogP contribution is -2.41. The first-order valence-corrected chi connectivity index (χ1v) is 6.35. The van der Waals surface area contributed by atoms with E-state index < -0.39 is 5.92 Å². The minimum Gasteiger partial charge on any atom is -0.383 e. The molecule has 1 atom stereocenters. The molecular weight excluding hydrogens is 240 g/mol. The summed E-state index contributed by atoms with van der Waals surface area (Å²) in [5.74, 6) is -0.916. The third-order valence-electron chi connectivity index (χ3n) is 2.95. The average molecular weight is 260 g/mol. The van der Waals surface area contributed by atoms with Gasteiger partial charge in [0.2, 0.25) is 5.91 Å². The number of carbonyl (C=O) groups is 1. The minimum absolute atomic E-state index is 0.0437. The number of rotatable bonds is 6. The summed E-state index contributed by atoms with van der Waals surface area (Å²) in [5.41, 5.74) is 0.734. The molecule has 1 rings (SSSR count). The van der Waals surface area contributed by atoms with Crippen molar-refractivity contribution in [1.29, 1.82) is 5.26 Å². The molecule has 0 saturated carbocycles. The summed E-state index contributed by atoms with van der Waals surface area (Å²) in [6.07, 6.45) is 0. The van der Waals surface area contributed by atoms with Gasteiger partial charge in [-0.15, -0.1) is 0 Å². The normalized spacial score (nSPS) is 11.9. The van der Waals surface area contributed by atoms with Crippen LogP contribution in [0.25, 0.3) is 0 Å². The molecule has 1 aromatic rings. The molecule has 0 heterocycles. The summed E-state index contributed by atoms with van der Waals surface area (Å²) in [5, 5.41) is 9.28. The lowest BCUT2D eigenvalue weighted by molar-refractivity contribution is -0.133. The lowest BCUT2D eigenvalue weighted by atomic mass is 9.98. The van der Waals surface area contributed by atoms with Crippen molar-refractivity contribution in [2.24, 2.45) is 0 Å². The van der Waals surface area contributed by atoms with Gasteiger partial charge in [0.1, 0.15) is 5.92 Å². The number of methoxy groups -OCH3 is 1. The van der Waals surface area contributed by atoms with Gasteiger partial charge in [0.05, 0.1) is 12.7 Å². The van der Waals surface area contributed by atoms with Crippen molar-refractivity contribution in [2.45, 2.75) is 25.8 Å². The monoisotopic (exact) mass is 260 g/mol. The maximum atomic E-state index is 12.5. The van der Waals surface area contributed by atoms with Crippen LogP contribution in [0.3, 0.4) is 0 Å². The highest BCUT2D eigenvalue weighted by atomic mass is 16.5. The zero-order chi connectivity index (χ0) is 14.3. The second-order valence-electron chi connectivity index (χ2n) is 4.59. The molecule has 0 aliphatic heterocycles. The fraction of sp³-hybridized carbons (Fsp3) is 0.467. The maximum Gasteiger partial charge on any atom is 0.244 e. The number of nitrogens with zero attached hydrogens (tertiary/aromatic N) is 2. The Bertz CT molecular complexity index is 437. The van der Waals surface area contributed by atoms with E-state index >= 15 is 0 Å². The molecule has 1 unspecified atom stereocenters. The average Bonchev–Trinajstić information content (AvgIpc) is 2.41. The number of ether oxygens (including phenoxy) is 1. The van der Waals surface area contributed by atoms with Crippen LogP contribution in [0.5, 0.6) is 0 Å². The predicted molar refractivity (Wildman–Crippen MR) is 73.5 cm³/mol. The highest BCUT2D eigenvalue weighted by molar-refractivity contribution is 5.86. The van der Waals surface area contributed by atoms with Gasteiger partial charge in [0.25, 0.3) is 0 Å². The fourth-order valence-corrected chi connectivity index (χ4v) is 1.90. The van der Waals surface area contributed by atoms with Crippen molar-refractivity contribution in [1.82, 2.24) is 4.90 Å². The standard InChI is InChI=1S/C15H20N2O2/c1-12(2)17(9-10-19-3)15(18)14(11-16)13-7-5-4-6-8-13/h4-8,12,14H,9-10H2,1-3H3. The summed E-state index contributed by atoms with van der Waals surface area (Å²) in [4.78, 5) is 14.2. The summed E-state index contributed by atoms with van der Waals surface area (Å²) >= 11 is 0. The molecule has 19 heavy (non-hydrogen) atoms. The Balaban J connectivity index is 2.91. The van der Waals surface area contributed by atoms with Crippen LogP contribution >= 0.6 is 0 Å². The first kappa shape index (κ1) is 15.2. The maximum absolute atomic E-state index is 12.5. The second-order valence-corrected chi connectivity index (χ2v) is 4.59. The number of hydrogen-bond donors (Lipinski definition) is 0. The molecule has 0 bridgehead atoms. The van der Waals surface area contributed by atoms with E-state index in [1.54, 1.807) is 24.1 Å². The van der Waals surface area contributed by atoms with E-state index in [9.17, 15) is 10.1 Å². The second kappa shape index (κ2) is 7.55. The molecule has 1 amide bonds. The topological polar surface area (TPSA) is 53.3 Å². The summed E-state index contributed by atoms with van der Waals surface area (Å²) in [6.45, 7) is 4.84. The molecule has 1 aromatic carbocycles. The van der Waals surface area contributed by atoms with Gasteiger partial charge in [0, 0.05) is 19.7 Å². The fourth-order valence-electron chi connectivity index (χ4n) is 1.90. The van der Waals surface area contributed by atoms with E-state index in [0.717, 1.165) is 5.56 Å². The highest BCUT2D eigenvalue weighted by Gasteiger charge is 2.27. The van der Waals surface area contributed by atoms with Crippen molar-refractivity contribution < 1.29 is 9.53 Å². The van der Waals surface area contributed by atoms with Crippen molar-refractivity contribution >= 4 is 5.91 Å². The van der Waals surface area contributed by atoms with Crippen molar-refractivity contribution in [2.75, 3.05) is 20.3 Å². The highest BCUT2D eigenvalue weighted by Crippen LogP contribution is 2.18. The molecule has 0 radical (unpaired) electrons. The lowest BCUT2D eigenvalue weighted by Gasteiger charge is -2.28. The van der Waals surface area contributed by atoms with Crippen molar-refractivity contribution in [3.63, 3.8) is 0 Å². The Morgan fingerprint density at radius 2 is 2.00 bits per heavy atom. The van der Waals surface area contributed by atoms with E-state index in [1.807, 2.05) is 32.0 Å². The number of amides is 1. The molecule has 0 aromatic heterocycles. The van der Waals surface area contributed by atoms with Gasteiger partial charge in [-0.1, -0.05) is 30.3 Å². The quantitative estimate of drug-likeness (QED) is 0.787. The van der Waals surface area contributed by atoms with Gasteiger partial charge in [-0.25, -0.2) is 0 Å². The third-order valence-corrected chi connectivity index (χ3v) is 2.95. The van der Waals surface area contributed by atoms with E-state index in [0.29, 0.717) is 13.2 Å². The Labute approximate surface area is 114 Å². The van der Waals surface area contributed by atoms with Crippen molar-refractivity contribution in [3.8, 4) is 6.07 Å². The first-order valence-electron chi connectivity index (χ1n) is 6.35. The molecule has 0 spiro atoms. The molecule has 0 aliphatic carbocycles. The summed E-state index contributed by atoms with van der Waals surface area (Å²) in [7, 11) is 1.60. The van der Waals surface area contributed by atoms with Crippen LogP contribution in [0.2, 0.25) is 0 Å². The van der Waals surface area contributed by atoms with E-state index in [2.05, 4.69) is 6.07 Å². The van der Waals surface area contributed by atoms with E-state index in [4.69, 9.17) is 4.74 Å². The largest absolute Gasteiger partial charge is 0.383 e. The zero-order valence-electron chi connectivity index (χ0n) is 11.7. The zero-order valence-corrected chi connectivity index (χ0v) is 11.7. The third kappa shape index (κ3) is 4.08. The molecule has 4 nitrogen and oxygen atoms in total. The van der Waals surface area contributed by atoms with Crippen LogP contribution in [0.1, 0.15) is 25.3 Å². The molecule has 102 valence electrons. The Hall–Kier alpha value is -1.86. The van der Waals surface area contributed by atoms with Crippen LogP contribution in [-0.4, -0.2) is 37.1 Å². The molecule has 0 aliphatic rings. The molecule has 4 heteroatoms. The molecule has 0 fully saturated rings. The number of nitriles is 1. The SMILES string of the molecule is COCCN(C(=O)C(C#N)c1ccccc1)C(C)C. The van der Waals surface area contributed by atoms with Gasteiger partial charge in [-0.2, -0.15) is 5.26 Å². The molecule has 0 saturated heterocycles.